The fourth-order valence-corrected chi connectivity index (χ4v) is 4.38. The highest BCUT2D eigenvalue weighted by molar-refractivity contribution is 6.05. The highest BCUT2D eigenvalue weighted by Crippen LogP contribution is 2.26. The van der Waals surface area contributed by atoms with Crippen molar-refractivity contribution < 1.29 is 4.79 Å². The van der Waals surface area contributed by atoms with Gasteiger partial charge in [-0.1, -0.05) is 18.2 Å². The van der Waals surface area contributed by atoms with Crippen LogP contribution in [0.3, 0.4) is 0 Å². The van der Waals surface area contributed by atoms with Crippen LogP contribution in [0.25, 0.3) is 11.3 Å². The van der Waals surface area contributed by atoms with Gasteiger partial charge in [-0.3, -0.25) is 9.59 Å². The molecule has 3 aromatic rings. The number of aromatic nitrogens is 2. The Hall–Kier alpha value is -3.82. The van der Waals surface area contributed by atoms with Gasteiger partial charge in [-0.05, 0) is 90.6 Å². The summed E-state index contributed by atoms with van der Waals surface area (Å²) in [5.74, 6) is 0.0984. The second-order valence-electron chi connectivity index (χ2n) is 10.4. The summed E-state index contributed by atoms with van der Waals surface area (Å²) >= 11 is 0. The van der Waals surface area contributed by atoms with Crippen molar-refractivity contribution in [3.63, 3.8) is 0 Å². The van der Waals surface area contributed by atoms with E-state index in [9.17, 15) is 9.59 Å². The fourth-order valence-electron chi connectivity index (χ4n) is 4.38. The number of carbonyl (C=O) groups excluding carboxylic acids is 1. The van der Waals surface area contributed by atoms with Gasteiger partial charge in [-0.25, -0.2) is 4.98 Å². The summed E-state index contributed by atoms with van der Waals surface area (Å²) in [5, 5.41) is 17.7. The Kier molecular flexibility index (Phi) is 10.5. The van der Waals surface area contributed by atoms with E-state index in [0.717, 1.165) is 54.7 Å². The van der Waals surface area contributed by atoms with E-state index in [-0.39, 0.29) is 24.1 Å². The number of pyridine rings is 2. The number of amides is 1. The Labute approximate surface area is 231 Å². The number of H-pyrrole nitrogens is 1. The standard InChI is InChI=1S/C30H41N7O2/c1-19(2)34-28-25(16-31)24(29(38)33-18-26-20(3)13-21(4)35-30(26)39)15-27(36-28)23-10-7-9-22(14-23)17-32-11-8-12-37(5)6/h7,9-10,13-16,19,31-32H,8,11-12,17-18H2,1-6H3,(H,33,38)(H,34,36)(H,35,39). The monoisotopic (exact) mass is 531 g/mol. The van der Waals surface area contributed by atoms with Crippen molar-refractivity contribution in [3.05, 3.63) is 80.3 Å². The first kappa shape index (κ1) is 29.7. The van der Waals surface area contributed by atoms with Gasteiger partial charge in [-0.2, -0.15) is 0 Å². The smallest absolute Gasteiger partial charge is 0.253 e. The largest absolute Gasteiger partial charge is 0.367 e. The SMILES string of the molecule is Cc1cc(C)c(CNC(=O)c2cc(-c3cccc(CNCCCN(C)C)c3)nc(NC(C)C)c2C=N)c(=O)[nH]1. The highest BCUT2D eigenvalue weighted by atomic mass is 16.1. The summed E-state index contributed by atoms with van der Waals surface area (Å²) < 4.78 is 0. The van der Waals surface area contributed by atoms with Crippen molar-refractivity contribution in [2.45, 2.75) is 53.2 Å². The summed E-state index contributed by atoms with van der Waals surface area (Å²) in [5.41, 5.74) is 5.23. The van der Waals surface area contributed by atoms with Crippen LogP contribution in [-0.4, -0.2) is 60.2 Å². The van der Waals surface area contributed by atoms with Crippen LogP contribution in [0.1, 0.15) is 58.6 Å². The van der Waals surface area contributed by atoms with Crippen LogP contribution in [0.5, 0.6) is 0 Å². The number of anilines is 1. The lowest BCUT2D eigenvalue weighted by Crippen LogP contribution is -2.29. The molecule has 0 fully saturated rings. The molecule has 0 aliphatic carbocycles. The second-order valence-corrected chi connectivity index (χ2v) is 10.4. The fraction of sp³-hybridized carbons (Fsp3) is 0.400. The molecule has 5 N–H and O–H groups in total. The van der Waals surface area contributed by atoms with E-state index in [1.165, 1.54) is 0 Å². The van der Waals surface area contributed by atoms with E-state index in [4.69, 9.17) is 10.4 Å². The Morgan fingerprint density at radius 3 is 2.59 bits per heavy atom. The number of benzene rings is 1. The molecule has 2 heterocycles. The third-order valence-corrected chi connectivity index (χ3v) is 6.30. The Bertz CT molecular complexity index is 1360. The number of nitrogens with one attached hydrogen (secondary N) is 5. The molecule has 0 aliphatic heterocycles. The van der Waals surface area contributed by atoms with Crippen molar-refractivity contribution >= 4 is 17.9 Å². The maximum absolute atomic E-state index is 13.4. The molecule has 208 valence electrons. The third-order valence-electron chi connectivity index (χ3n) is 6.30. The van der Waals surface area contributed by atoms with E-state index in [1.807, 2.05) is 45.9 Å². The van der Waals surface area contributed by atoms with Crippen LogP contribution >= 0.6 is 0 Å². The number of carbonyl (C=O) groups is 1. The summed E-state index contributed by atoms with van der Waals surface area (Å²) in [6.07, 6.45) is 2.21. The maximum atomic E-state index is 13.4. The molecule has 0 saturated carbocycles. The summed E-state index contributed by atoms with van der Waals surface area (Å²) in [6.45, 7) is 10.4. The topological polar surface area (TPSA) is 126 Å². The van der Waals surface area contributed by atoms with Crippen molar-refractivity contribution in [2.75, 3.05) is 32.5 Å². The molecule has 9 heteroatoms. The van der Waals surface area contributed by atoms with Crippen LogP contribution in [0, 0.1) is 19.3 Å². The quantitative estimate of drug-likeness (QED) is 0.169. The lowest BCUT2D eigenvalue weighted by atomic mass is 10.0. The number of hydrogen-bond acceptors (Lipinski definition) is 7. The van der Waals surface area contributed by atoms with Gasteiger partial charge >= 0.3 is 0 Å². The molecule has 0 unspecified atom stereocenters. The molecule has 2 aromatic heterocycles. The molecule has 0 atom stereocenters. The van der Waals surface area contributed by atoms with E-state index in [2.05, 4.69) is 52.1 Å². The average Bonchev–Trinajstić information content (AvgIpc) is 2.87. The lowest BCUT2D eigenvalue weighted by Gasteiger charge is -2.17. The molecule has 0 aliphatic rings. The predicted octanol–water partition coefficient (Wildman–Crippen LogP) is 3.84. The summed E-state index contributed by atoms with van der Waals surface area (Å²) in [6, 6.07) is 11.7. The van der Waals surface area contributed by atoms with Gasteiger partial charge in [0.05, 0.1) is 11.3 Å². The number of rotatable bonds is 13. The van der Waals surface area contributed by atoms with Crippen LogP contribution in [-0.2, 0) is 13.1 Å². The first-order chi connectivity index (χ1) is 18.6. The van der Waals surface area contributed by atoms with E-state index in [0.29, 0.717) is 28.2 Å². The minimum absolute atomic E-state index is 0.0498. The molecule has 1 amide bonds. The molecule has 39 heavy (non-hydrogen) atoms. The first-order valence-corrected chi connectivity index (χ1v) is 13.3. The molecule has 1 aromatic carbocycles. The van der Waals surface area contributed by atoms with E-state index >= 15 is 0 Å². The van der Waals surface area contributed by atoms with Gasteiger partial charge in [0.15, 0.2) is 0 Å². The maximum Gasteiger partial charge on any atom is 0.253 e. The zero-order chi connectivity index (χ0) is 28.5. The van der Waals surface area contributed by atoms with Gasteiger partial charge in [0.2, 0.25) is 0 Å². The molecule has 9 nitrogen and oxygen atoms in total. The number of aryl methyl sites for hydroxylation is 2. The molecule has 3 rings (SSSR count). The van der Waals surface area contributed by atoms with Crippen LogP contribution in [0.4, 0.5) is 5.82 Å². The molecular formula is C30H41N7O2. The van der Waals surface area contributed by atoms with Gasteiger partial charge in [0, 0.05) is 47.7 Å². The van der Waals surface area contributed by atoms with Crippen LogP contribution in [0.2, 0.25) is 0 Å². The van der Waals surface area contributed by atoms with Crippen molar-refractivity contribution in [1.82, 2.24) is 25.5 Å². The average molecular weight is 532 g/mol. The predicted molar refractivity (Wildman–Crippen MR) is 159 cm³/mol. The Morgan fingerprint density at radius 2 is 1.92 bits per heavy atom. The van der Waals surface area contributed by atoms with Gasteiger partial charge in [0.25, 0.3) is 11.5 Å². The van der Waals surface area contributed by atoms with Crippen LogP contribution in [0.15, 0.2) is 41.2 Å². The van der Waals surface area contributed by atoms with Crippen molar-refractivity contribution in [3.8, 4) is 11.3 Å². The minimum Gasteiger partial charge on any atom is -0.367 e. The Balaban J connectivity index is 1.90. The van der Waals surface area contributed by atoms with E-state index in [1.54, 1.807) is 6.07 Å². The number of hydrogen-bond donors (Lipinski definition) is 5. The van der Waals surface area contributed by atoms with Crippen molar-refractivity contribution in [2.24, 2.45) is 0 Å². The number of aromatic amines is 1. The first-order valence-electron chi connectivity index (χ1n) is 13.3. The zero-order valence-corrected chi connectivity index (χ0v) is 23.9. The second kappa shape index (κ2) is 13.8. The molecular weight excluding hydrogens is 490 g/mol. The zero-order valence-electron chi connectivity index (χ0n) is 23.9. The number of nitrogens with zero attached hydrogens (tertiary/aromatic N) is 2. The summed E-state index contributed by atoms with van der Waals surface area (Å²) in [7, 11) is 4.14. The molecule has 0 bridgehead atoms. The van der Waals surface area contributed by atoms with Crippen molar-refractivity contribution in [1.29, 1.82) is 5.41 Å². The van der Waals surface area contributed by atoms with Crippen LogP contribution < -0.4 is 21.5 Å². The lowest BCUT2D eigenvalue weighted by molar-refractivity contribution is 0.0950. The van der Waals surface area contributed by atoms with Gasteiger partial charge in [-0.15, -0.1) is 0 Å². The summed E-state index contributed by atoms with van der Waals surface area (Å²) in [4.78, 5) is 35.6. The molecule has 0 saturated heterocycles. The molecule has 0 radical (unpaired) electrons. The van der Waals surface area contributed by atoms with E-state index < -0.39 is 0 Å². The highest BCUT2D eigenvalue weighted by Gasteiger charge is 2.19. The van der Waals surface area contributed by atoms with Gasteiger partial charge in [0.1, 0.15) is 5.82 Å². The van der Waals surface area contributed by atoms with Gasteiger partial charge < -0.3 is 31.2 Å². The minimum atomic E-state index is -0.373. The molecule has 0 spiro atoms. The normalized spacial score (nSPS) is 11.2. The third kappa shape index (κ3) is 8.33. The Morgan fingerprint density at radius 1 is 1.15 bits per heavy atom.